The zero-order valence-corrected chi connectivity index (χ0v) is 14.6. The minimum absolute atomic E-state index is 0.0201. The third-order valence-electron chi connectivity index (χ3n) is 3.23. The van der Waals surface area contributed by atoms with Gasteiger partial charge in [-0.3, -0.25) is 9.52 Å². The van der Waals surface area contributed by atoms with Crippen molar-refractivity contribution < 1.29 is 21.6 Å². The maximum Gasteiger partial charge on any atom is 0.418 e. The van der Waals surface area contributed by atoms with Gasteiger partial charge in [0.2, 0.25) is 10.0 Å². The standard InChI is InChI=1S/C14H13ClF3N3O3S/c1-3-9-10(14(16,17)18)7-19-21(13(9)22)8-4-5-11(15)12(6-8)20-25(2,23)24/h4-7,20H,3H2,1-2H3. The van der Waals surface area contributed by atoms with Crippen molar-refractivity contribution in [1.82, 2.24) is 9.78 Å². The van der Waals surface area contributed by atoms with Crippen LogP contribution in [0.4, 0.5) is 18.9 Å². The first-order valence-corrected chi connectivity index (χ1v) is 9.17. The van der Waals surface area contributed by atoms with Crippen molar-refractivity contribution in [3.05, 3.63) is 50.9 Å². The van der Waals surface area contributed by atoms with Crippen LogP contribution in [0.5, 0.6) is 0 Å². The lowest BCUT2D eigenvalue weighted by atomic mass is 10.1. The van der Waals surface area contributed by atoms with Crippen molar-refractivity contribution in [2.45, 2.75) is 19.5 Å². The van der Waals surface area contributed by atoms with E-state index in [-0.39, 0.29) is 22.8 Å². The molecular formula is C14H13ClF3N3O3S. The molecule has 0 aliphatic heterocycles. The minimum atomic E-state index is -4.69. The van der Waals surface area contributed by atoms with Crippen molar-refractivity contribution >= 4 is 27.3 Å². The van der Waals surface area contributed by atoms with Gasteiger partial charge in [-0.2, -0.15) is 23.0 Å². The average Bonchev–Trinajstić information content (AvgIpc) is 2.47. The fourth-order valence-corrected chi connectivity index (χ4v) is 2.97. The van der Waals surface area contributed by atoms with E-state index in [4.69, 9.17) is 11.6 Å². The van der Waals surface area contributed by atoms with Crippen LogP contribution in [0.25, 0.3) is 5.69 Å². The fraction of sp³-hybridized carbons (Fsp3) is 0.286. The van der Waals surface area contributed by atoms with Crippen LogP contribution in [0, 0.1) is 0 Å². The van der Waals surface area contributed by atoms with Gasteiger partial charge in [0, 0.05) is 5.56 Å². The molecule has 0 saturated carbocycles. The molecular weight excluding hydrogens is 383 g/mol. The maximum atomic E-state index is 13.0. The first kappa shape index (κ1) is 19.3. The zero-order valence-electron chi connectivity index (χ0n) is 13.1. The number of hydrogen-bond donors (Lipinski definition) is 1. The summed E-state index contributed by atoms with van der Waals surface area (Å²) in [6.45, 7) is 1.43. The lowest BCUT2D eigenvalue weighted by Gasteiger charge is -2.14. The van der Waals surface area contributed by atoms with Gasteiger partial charge in [0.15, 0.2) is 0 Å². The molecule has 6 nitrogen and oxygen atoms in total. The third-order valence-corrected chi connectivity index (χ3v) is 4.15. The van der Waals surface area contributed by atoms with Crippen molar-refractivity contribution in [1.29, 1.82) is 0 Å². The largest absolute Gasteiger partial charge is 0.418 e. The van der Waals surface area contributed by atoms with E-state index in [1.807, 2.05) is 0 Å². The summed E-state index contributed by atoms with van der Waals surface area (Å²) in [7, 11) is -3.64. The normalized spacial score (nSPS) is 12.2. The second-order valence-electron chi connectivity index (χ2n) is 5.14. The van der Waals surface area contributed by atoms with Gasteiger partial charge in [-0.1, -0.05) is 18.5 Å². The second-order valence-corrected chi connectivity index (χ2v) is 7.30. The molecule has 2 aromatic rings. The summed E-state index contributed by atoms with van der Waals surface area (Å²) in [5.41, 5.74) is -2.42. The van der Waals surface area contributed by atoms with Gasteiger partial charge in [0.25, 0.3) is 5.56 Å². The number of benzene rings is 1. The van der Waals surface area contributed by atoms with E-state index in [0.717, 1.165) is 10.9 Å². The van der Waals surface area contributed by atoms with Gasteiger partial charge >= 0.3 is 6.18 Å². The monoisotopic (exact) mass is 395 g/mol. The van der Waals surface area contributed by atoms with Crippen molar-refractivity contribution in [3.63, 3.8) is 0 Å². The predicted octanol–water partition coefficient (Wildman–Crippen LogP) is 2.84. The van der Waals surface area contributed by atoms with Gasteiger partial charge in [0.05, 0.1) is 34.4 Å². The maximum absolute atomic E-state index is 13.0. The van der Waals surface area contributed by atoms with Gasteiger partial charge in [-0.05, 0) is 24.6 Å². The lowest BCUT2D eigenvalue weighted by molar-refractivity contribution is -0.138. The van der Waals surface area contributed by atoms with E-state index in [1.54, 1.807) is 0 Å². The first-order chi connectivity index (χ1) is 11.4. The molecule has 0 aliphatic carbocycles. The molecule has 0 amide bonds. The molecule has 0 radical (unpaired) electrons. The summed E-state index contributed by atoms with van der Waals surface area (Å²) in [6.07, 6.45) is -3.36. The molecule has 136 valence electrons. The Kier molecular flexibility index (Phi) is 5.14. The number of rotatable bonds is 4. The highest BCUT2D eigenvalue weighted by Gasteiger charge is 2.35. The van der Waals surface area contributed by atoms with Crippen molar-refractivity contribution in [3.8, 4) is 5.69 Å². The first-order valence-electron chi connectivity index (χ1n) is 6.90. The molecule has 1 N–H and O–H groups in total. The van der Waals surface area contributed by atoms with Crippen LogP contribution in [0.2, 0.25) is 5.02 Å². The topological polar surface area (TPSA) is 81.1 Å². The summed E-state index contributed by atoms with van der Waals surface area (Å²) >= 11 is 5.89. The number of nitrogens with zero attached hydrogens (tertiary/aromatic N) is 2. The molecule has 0 bridgehead atoms. The fourth-order valence-electron chi connectivity index (χ4n) is 2.18. The summed E-state index contributed by atoms with van der Waals surface area (Å²) in [5.74, 6) is 0. The number of nitrogens with one attached hydrogen (secondary N) is 1. The van der Waals surface area contributed by atoms with Crippen LogP contribution < -0.4 is 10.3 Å². The molecule has 0 fully saturated rings. The molecule has 0 spiro atoms. The molecule has 0 aliphatic rings. The highest BCUT2D eigenvalue weighted by atomic mass is 35.5. The Balaban J connectivity index is 2.64. The van der Waals surface area contributed by atoms with Gasteiger partial charge < -0.3 is 0 Å². The minimum Gasteiger partial charge on any atom is -0.282 e. The van der Waals surface area contributed by atoms with Gasteiger partial charge in [-0.15, -0.1) is 0 Å². The zero-order chi connectivity index (χ0) is 19.0. The number of anilines is 1. The van der Waals surface area contributed by atoms with Crippen molar-refractivity contribution in [2.75, 3.05) is 11.0 Å². The van der Waals surface area contributed by atoms with Crippen LogP contribution in [0.1, 0.15) is 18.1 Å². The van der Waals surface area contributed by atoms with E-state index in [0.29, 0.717) is 6.20 Å². The predicted molar refractivity (Wildman–Crippen MR) is 87.7 cm³/mol. The second kappa shape index (κ2) is 6.68. The van der Waals surface area contributed by atoms with E-state index in [2.05, 4.69) is 9.82 Å². The summed E-state index contributed by atoms with van der Waals surface area (Å²) in [6, 6.07) is 3.86. The van der Waals surface area contributed by atoms with Crippen molar-refractivity contribution in [2.24, 2.45) is 0 Å². The quantitative estimate of drug-likeness (QED) is 0.863. The number of halogens is 4. The smallest absolute Gasteiger partial charge is 0.282 e. The summed E-state index contributed by atoms with van der Waals surface area (Å²) in [5, 5.41) is 3.61. The Hall–Kier alpha value is -2.07. The molecule has 0 unspecified atom stereocenters. The molecule has 0 saturated heterocycles. The highest BCUT2D eigenvalue weighted by Crippen LogP contribution is 2.31. The van der Waals surface area contributed by atoms with E-state index < -0.39 is 32.9 Å². The molecule has 1 aromatic heterocycles. The lowest BCUT2D eigenvalue weighted by Crippen LogP contribution is -2.28. The van der Waals surface area contributed by atoms with Gasteiger partial charge in [0.1, 0.15) is 0 Å². The van der Waals surface area contributed by atoms with E-state index in [9.17, 15) is 26.4 Å². The molecule has 2 rings (SSSR count). The van der Waals surface area contributed by atoms with Crippen LogP contribution in [-0.4, -0.2) is 24.5 Å². The van der Waals surface area contributed by atoms with Crippen LogP contribution in [0.3, 0.4) is 0 Å². The Morgan fingerprint density at radius 2 is 1.96 bits per heavy atom. The average molecular weight is 396 g/mol. The van der Waals surface area contributed by atoms with Crippen LogP contribution in [0.15, 0.2) is 29.2 Å². The Morgan fingerprint density at radius 1 is 1.32 bits per heavy atom. The number of hydrogen-bond acceptors (Lipinski definition) is 4. The highest BCUT2D eigenvalue weighted by molar-refractivity contribution is 7.92. The summed E-state index contributed by atoms with van der Waals surface area (Å²) in [4.78, 5) is 12.4. The molecule has 1 aromatic carbocycles. The van der Waals surface area contributed by atoms with E-state index in [1.165, 1.54) is 25.1 Å². The van der Waals surface area contributed by atoms with Crippen LogP contribution >= 0.6 is 11.6 Å². The SMILES string of the molecule is CCc1c(C(F)(F)F)cnn(-c2ccc(Cl)c(NS(C)(=O)=O)c2)c1=O. The van der Waals surface area contributed by atoms with Crippen LogP contribution in [-0.2, 0) is 22.6 Å². The van der Waals surface area contributed by atoms with Gasteiger partial charge in [-0.25, -0.2) is 8.42 Å². The Bertz CT molecular complexity index is 972. The van der Waals surface area contributed by atoms with E-state index >= 15 is 0 Å². The number of sulfonamides is 1. The molecule has 1 heterocycles. The molecule has 0 atom stereocenters. The third kappa shape index (κ3) is 4.31. The number of alkyl halides is 3. The molecule has 25 heavy (non-hydrogen) atoms. The summed E-state index contributed by atoms with van der Waals surface area (Å²) < 4.78 is 64.5. The molecule has 11 heteroatoms. The number of aromatic nitrogens is 2. The Labute approximate surface area is 146 Å². The Morgan fingerprint density at radius 3 is 2.48 bits per heavy atom.